The largest absolute Gasteiger partial charge is 0.493 e. The predicted octanol–water partition coefficient (Wildman–Crippen LogP) is 2.42. The third kappa shape index (κ3) is 1.75. The van der Waals surface area contributed by atoms with E-state index in [9.17, 15) is 0 Å². The van der Waals surface area contributed by atoms with Gasteiger partial charge in [-0.05, 0) is 36.5 Å². The summed E-state index contributed by atoms with van der Waals surface area (Å²) in [5, 5.41) is 0. The Kier molecular flexibility index (Phi) is 2.73. The molecule has 0 amide bonds. The molecular formula is C12H17NO. The van der Waals surface area contributed by atoms with Crippen molar-refractivity contribution in [2.75, 3.05) is 6.61 Å². The van der Waals surface area contributed by atoms with Crippen molar-refractivity contribution in [2.24, 2.45) is 5.73 Å². The van der Waals surface area contributed by atoms with E-state index in [4.69, 9.17) is 10.5 Å². The molecule has 1 aliphatic rings. The van der Waals surface area contributed by atoms with Gasteiger partial charge in [0.2, 0.25) is 0 Å². The van der Waals surface area contributed by atoms with Crippen molar-refractivity contribution in [1.82, 2.24) is 0 Å². The van der Waals surface area contributed by atoms with Crippen molar-refractivity contribution >= 4 is 0 Å². The quantitative estimate of drug-likeness (QED) is 0.779. The van der Waals surface area contributed by atoms with Gasteiger partial charge in [-0.15, -0.1) is 0 Å². The van der Waals surface area contributed by atoms with E-state index >= 15 is 0 Å². The van der Waals surface area contributed by atoms with Gasteiger partial charge in [-0.2, -0.15) is 0 Å². The molecule has 0 fully saturated rings. The highest BCUT2D eigenvalue weighted by molar-refractivity contribution is 5.39. The molecule has 0 bridgehead atoms. The predicted molar refractivity (Wildman–Crippen MR) is 57.5 cm³/mol. The van der Waals surface area contributed by atoms with Crippen LogP contribution < -0.4 is 10.5 Å². The second kappa shape index (κ2) is 4.01. The lowest BCUT2D eigenvalue weighted by Crippen LogP contribution is -2.12. The van der Waals surface area contributed by atoms with Crippen LogP contribution in [0.2, 0.25) is 0 Å². The van der Waals surface area contributed by atoms with Crippen LogP contribution in [0.4, 0.5) is 0 Å². The number of fused-ring (bicyclic) bond motifs is 1. The number of benzene rings is 1. The first-order valence-corrected chi connectivity index (χ1v) is 5.32. The Hall–Kier alpha value is -1.02. The first-order chi connectivity index (χ1) is 6.81. The van der Waals surface area contributed by atoms with Crippen LogP contribution in [0.5, 0.6) is 5.75 Å². The summed E-state index contributed by atoms with van der Waals surface area (Å²) < 4.78 is 5.55. The van der Waals surface area contributed by atoms with E-state index in [0.717, 1.165) is 31.6 Å². The zero-order valence-corrected chi connectivity index (χ0v) is 8.62. The fourth-order valence-electron chi connectivity index (χ4n) is 1.85. The van der Waals surface area contributed by atoms with Gasteiger partial charge in [0, 0.05) is 6.04 Å². The Morgan fingerprint density at radius 3 is 3.14 bits per heavy atom. The molecular weight excluding hydrogens is 174 g/mol. The van der Waals surface area contributed by atoms with E-state index in [2.05, 4.69) is 25.1 Å². The Morgan fingerprint density at radius 2 is 2.36 bits per heavy atom. The fraction of sp³-hybridized carbons (Fsp3) is 0.500. The van der Waals surface area contributed by atoms with E-state index in [-0.39, 0.29) is 6.04 Å². The van der Waals surface area contributed by atoms with E-state index in [0.29, 0.717) is 0 Å². The van der Waals surface area contributed by atoms with Crippen molar-refractivity contribution in [3.63, 3.8) is 0 Å². The summed E-state index contributed by atoms with van der Waals surface area (Å²) in [6, 6.07) is 6.50. The maximum absolute atomic E-state index is 5.99. The van der Waals surface area contributed by atoms with Gasteiger partial charge in [0.25, 0.3) is 0 Å². The topological polar surface area (TPSA) is 35.2 Å². The summed E-state index contributed by atoms with van der Waals surface area (Å²) in [5.41, 5.74) is 8.54. The van der Waals surface area contributed by atoms with Gasteiger partial charge in [0.15, 0.2) is 0 Å². The molecule has 0 saturated carbocycles. The van der Waals surface area contributed by atoms with Crippen LogP contribution in [0.3, 0.4) is 0 Å². The highest BCUT2D eigenvalue weighted by atomic mass is 16.5. The number of aryl methyl sites for hydroxylation is 1. The van der Waals surface area contributed by atoms with Crippen LogP contribution in [0.15, 0.2) is 18.2 Å². The third-order valence-electron chi connectivity index (χ3n) is 2.80. The molecule has 2 rings (SSSR count). The van der Waals surface area contributed by atoms with E-state index in [1.807, 2.05) is 0 Å². The number of ether oxygens (including phenoxy) is 1. The summed E-state index contributed by atoms with van der Waals surface area (Å²) in [6.07, 6.45) is 3.23. The van der Waals surface area contributed by atoms with Crippen molar-refractivity contribution in [1.29, 1.82) is 0 Å². The lowest BCUT2D eigenvalue weighted by molar-refractivity contribution is 0.288. The summed E-state index contributed by atoms with van der Waals surface area (Å²) in [4.78, 5) is 0. The molecule has 1 heterocycles. The Morgan fingerprint density at radius 1 is 1.50 bits per heavy atom. The summed E-state index contributed by atoms with van der Waals surface area (Å²) in [5.74, 6) is 1.04. The molecule has 0 aliphatic carbocycles. The van der Waals surface area contributed by atoms with Gasteiger partial charge in [-0.3, -0.25) is 0 Å². The maximum Gasteiger partial charge on any atom is 0.122 e. The first kappa shape index (κ1) is 9.53. The van der Waals surface area contributed by atoms with Crippen LogP contribution >= 0.6 is 0 Å². The molecule has 1 atom stereocenters. The molecule has 1 aliphatic heterocycles. The van der Waals surface area contributed by atoms with E-state index < -0.39 is 0 Å². The minimum Gasteiger partial charge on any atom is -0.493 e. The lowest BCUT2D eigenvalue weighted by atomic mass is 9.99. The van der Waals surface area contributed by atoms with Crippen molar-refractivity contribution in [3.8, 4) is 5.75 Å². The van der Waals surface area contributed by atoms with E-state index in [1.165, 1.54) is 11.1 Å². The number of hydrogen-bond acceptors (Lipinski definition) is 2. The van der Waals surface area contributed by atoms with Gasteiger partial charge < -0.3 is 10.5 Å². The molecule has 76 valence electrons. The molecule has 2 N–H and O–H groups in total. The second-order valence-corrected chi connectivity index (χ2v) is 3.83. The van der Waals surface area contributed by atoms with E-state index in [1.54, 1.807) is 0 Å². The minimum absolute atomic E-state index is 0.169. The van der Waals surface area contributed by atoms with Crippen molar-refractivity contribution in [2.45, 2.75) is 32.2 Å². The molecule has 1 aromatic carbocycles. The van der Waals surface area contributed by atoms with Crippen LogP contribution in [0.1, 0.15) is 36.9 Å². The summed E-state index contributed by atoms with van der Waals surface area (Å²) >= 11 is 0. The normalized spacial score (nSPS) is 17.0. The molecule has 1 aromatic rings. The van der Waals surface area contributed by atoms with Gasteiger partial charge in [-0.25, -0.2) is 0 Å². The summed E-state index contributed by atoms with van der Waals surface area (Å²) in [7, 11) is 0. The number of hydrogen-bond donors (Lipinski definition) is 1. The highest BCUT2D eigenvalue weighted by Crippen LogP contribution is 2.27. The van der Waals surface area contributed by atoms with Crippen LogP contribution in [-0.2, 0) is 6.42 Å². The smallest absolute Gasteiger partial charge is 0.122 e. The first-order valence-electron chi connectivity index (χ1n) is 5.32. The van der Waals surface area contributed by atoms with Gasteiger partial charge in [-0.1, -0.05) is 19.1 Å². The standard InChI is InChI=1S/C12H17NO/c1-2-11(13)9-5-6-12-10(8-9)4-3-7-14-12/h5-6,8,11H,2-4,7,13H2,1H3/t11-/m1/s1. The SMILES string of the molecule is CC[C@@H](N)c1ccc2c(c1)CCCO2. The molecule has 0 radical (unpaired) electrons. The average Bonchev–Trinajstić information content (AvgIpc) is 2.27. The van der Waals surface area contributed by atoms with Crippen LogP contribution in [0.25, 0.3) is 0 Å². The maximum atomic E-state index is 5.99. The monoisotopic (exact) mass is 191 g/mol. The average molecular weight is 191 g/mol. The molecule has 0 spiro atoms. The Balaban J connectivity index is 2.29. The molecule has 2 nitrogen and oxygen atoms in total. The fourth-order valence-corrected chi connectivity index (χ4v) is 1.85. The van der Waals surface area contributed by atoms with Crippen LogP contribution in [0, 0.1) is 0 Å². The minimum atomic E-state index is 0.169. The molecule has 2 heteroatoms. The highest BCUT2D eigenvalue weighted by Gasteiger charge is 2.12. The van der Waals surface area contributed by atoms with Gasteiger partial charge in [0.05, 0.1) is 6.61 Å². The Bertz CT molecular complexity index is 322. The Labute approximate surface area is 85.1 Å². The molecule has 0 saturated heterocycles. The molecule has 0 aromatic heterocycles. The molecule has 0 unspecified atom stereocenters. The zero-order chi connectivity index (χ0) is 9.97. The summed E-state index contributed by atoms with van der Waals surface area (Å²) in [6.45, 7) is 2.97. The van der Waals surface area contributed by atoms with Crippen molar-refractivity contribution in [3.05, 3.63) is 29.3 Å². The third-order valence-corrected chi connectivity index (χ3v) is 2.80. The number of nitrogens with two attached hydrogens (primary N) is 1. The number of rotatable bonds is 2. The molecule has 14 heavy (non-hydrogen) atoms. The second-order valence-electron chi connectivity index (χ2n) is 3.83. The lowest BCUT2D eigenvalue weighted by Gasteiger charge is -2.19. The van der Waals surface area contributed by atoms with Gasteiger partial charge >= 0.3 is 0 Å². The van der Waals surface area contributed by atoms with Crippen LogP contribution in [-0.4, -0.2) is 6.61 Å². The van der Waals surface area contributed by atoms with Crippen molar-refractivity contribution < 1.29 is 4.74 Å². The zero-order valence-electron chi connectivity index (χ0n) is 8.62. The van der Waals surface area contributed by atoms with Gasteiger partial charge in [0.1, 0.15) is 5.75 Å².